The van der Waals surface area contributed by atoms with Gasteiger partial charge in [0.25, 0.3) is 0 Å². The summed E-state index contributed by atoms with van der Waals surface area (Å²) in [6.45, 7) is 3.03. The minimum absolute atomic E-state index is 0.253. The largest absolute Gasteiger partial charge is 0.481 e. The molecule has 1 rings (SSSR count). The number of nitrogens with zero attached hydrogens (tertiary/aromatic N) is 1. The van der Waals surface area contributed by atoms with Gasteiger partial charge in [-0.25, -0.2) is 0 Å². The molecule has 1 aliphatic rings. The van der Waals surface area contributed by atoms with Crippen molar-refractivity contribution in [2.24, 2.45) is 0 Å². The topological polar surface area (TPSA) is 52.6 Å². The van der Waals surface area contributed by atoms with Crippen LogP contribution in [0.15, 0.2) is 0 Å². The molecule has 0 radical (unpaired) electrons. The standard InChI is InChI=1S/C12H24N2O2/c1-10(5-6-11(15)16)13-9-12(14(2)3)7-4-8-12/h10,13H,4-9H2,1-3H3,(H,15,16). The molecule has 1 unspecified atom stereocenters. The molecular formula is C12H24N2O2. The van der Waals surface area contributed by atoms with Crippen LogP contribution in [0.5, 0.6) is 0 Å². The smallest absolute Gasteiger partial charge is 0.303 e. The van der Waals surface area contributed by atoms with Crippen LogP contribution in [0.4, 0.5) is 0 Å². The summed E-state index contributed by atoms with van der Waals surface area (Å²) in [4.78, 5) is 12.7. The Morgan fingerprint density at radius 3 is 2.50 bits per heavy atom. The maximum Gasteiger partial charge on any atom is 0.303 e. The lowest BCUT2D eigenvalue weighted by Crippen LogP contribution is -2.57. The second-order valence-electron chi connectivity index (χ2n) is 5.19. The summed E-state index contributed by atoms with van der Waals surface area (Å²) in [5.41, 5.74) is 0.317. The van der Waals surface area contributed by atoms with Crippen LogP contribution in [-0.4, -0.2) is 48.2 Å². The van der Waals surface area contributed by atoms with Crippen molar-refractivity contribution in [3.05, 3.63) is 0 Å². The molecule has 0 aliphatic heterocycles. The molecule has 0 amide bonds. The summed E-state index contributed by atoms with van der Waals surface area (Å²) in [5, 5.41) is 12.1. The van der Waals surface area contributed by atoms with E-state index in [2.05, 4.69) is 31.2 Å². The Balaban J connectivity index is 2.24. The Bertz CT molecular complexity index is 237. The predicted octanol–water partition coefficient (Wildman–Crippen LogP) is 1.31. The van der Waals surface area contributed by atoms with Crippen LogP contribution >= 0.6 is 0 Å². The summed E-state index contributed by atoms with van der Waals surface area (Å²) < 4.78 is 0. The number of likely N-dealkylation sites (N-methyl/N-ethyl adjacent to an activating group) is 1. The molecule has 1 atom stereocenters. The van der Waals surface area contributed by atoms with Gasteiger partial charge in [-0.15, -0.1) is 0 Å². The maximum absolute atomic E-state index is 10.4. The van der Waals surface area contributed by atoms with Crippen LogP contribution in [-0.2, 0) is 4.79 Å². The maximum atomic E-state index is 10.4. The van der Waals surface area contributed by atoms with E-state index in [0.717, 1.165) is 6.54 Å². The Hall–Kier alpha value is -0.610. The third-order valence-electron chi connectivity index (χ3n) is 3.80. The van der Waals surface area contributed by atoms with Gasteiger partial charge in [-0.05, 0) is 46.7 Å². The fourth-order valence-electron chi connectivity index (χ4n) is 2.17. The van der Waals surface area contributed by atoms with Gasteiger partial charge in [0.2, 0.25) is 0 Å². The van der Waals surface area contributed by atoms with Gasteiger partial charge >= 0.3 is 5.97 Å². The summed E-state index contributed by atoms with van der Waals surface area (Å²) in [6, 6.07) is 0.286. The third kappa shape index (κ3) is 3.46. The van der Waals surface area contributed by atoms with Gasteiger partial charge in [-0.3, -0.25) is 4.79 Å². The third-order valence-corrected chi connectivity index (χ3v) is 3.80. The number of nitrogens with one attached hydrogen (secondary N) is 1. The normalized spacial score (nSPS) is 20.5. The highest BCUT2D eigenvalue weighted by atomic mass is 16.4. The number of hydrogen-bond donors (Lipinski definition) is 2. The van der Waals surface area contributed by atoms with Gasteiger partial charge in [0.15, 0.2) is 0 Å². The van der Waals surface area contributed by atoms with Crippen molar-refractivity contribution < 1.29 is 9.90 Å². The molecule has 4 nitrogen and oxygen atoms in total. The van der Waals surface area contributed by atoms with Gasteiger partial charge in [-0.2, -0.15) is 0 Å². The summed E-state index contributed by atoms with van der Waals surface area (Å²) in [7, 11) is 4.26. The number of aliphatic carboxylic acids is 1. The number of carboxylic acids is 1. The van der Waals surface area contributed by atoms with E-state index in [9.17, 15) is 4.79 Å². The van der Waals surface area contributed by atoms with E-state index >= 15 is 0 Å². The zero-order valence-electron chi connectivity index (χ0n) is 10.6. The van der Waals surface area contributed by atoms with E-state index in [1.165, 1.54) is 19.3 Å². The molecule has 0 heterocycles. The van der Waals surface area contributed by atoms with E-state index in [4.69, 9.17) is 5.11 Å². The highest BCUT2D eigenvalue weighted by Crippen LogP contribution is 2.35. The van der Waals surface area contributed by atoms with E-state index in [1.807, 2.05) is 0 Å². The fraction of sp³-hybridized carbons (Fsp3) is 0.917. The molecule has 94 valence electrons. The highest BCUT2D eigenvalue weighted by Gasteiger charge is 2.38. The van der Waals surface area contributed by atoms with E-state index in [-0.39, 0.29) is 12.5 Å². The predicted molar refractivity (Wildman–Crippen MR) is 64.6 cm³/mol. The quantitative estimate of drug-likeness (QED) is 0.690. The lowest BCUT2D eigenvalue weighted by molar-refractivity contribution is -0.137. The fourth-order valence-corrected chi connectivity index (χ4v) is 2.17. The zero-order chi connectivity index (χ0) is 12.2. The zero-order valence-corrected chi connectivity index (χ0v) is 10.6. The second kappa shape index (κ2) is 5.64. The number of rotatable bonds is 7. The van der Waals surface area contributed by atoms with Crippen LogP contribution in [0.3, 0.4) is 0 Å². The van der Waals surface area contributed by atoms with E-state index < -0.39 is 5.97 Å². The highest BCUT2D eigenvalue weighted by molar-refractivity contribution is 5.66. The van der Waals surface area contributed by atoms with Crippen molar-refractivity contribution in [2.45, 2.75) is 50.6 Å². The van der Waals surface area contributed by atoms with Gasteiger partial charge in [0.1, 0.15) is 0 Å². The molecule has 0 aromatic heterocycles. The van der Waals surface area contributed by atoms with Crippen molar-refractivity contribution in [3.63, 3.8) is 0 Å². The first-order chi connectivity index (χ1) is 7.46. The monoisotopic (exact) mass is 228 g/mol. The number of carbonyl (C=O) groups is 1. The molecule has 0 saturated heterocycles. The molecule has 0 aromatic carbocycles. The van der Waals surface area contributed by atoms with Crippen molar-refractivity contribution in [1.29, 1.82) is 0 Å². The van der Waals surface area contributed by atoms with Crippen molar-refractivity contribution in [1.82, 2.24) is 10.2 Å². The Morgan fingerprint density at radius 1 is 1.50 bits per heavy atom. The minimum atomic E-state index is -0.709. The first-order valence-corrected chi connectivity index (χ1v) is 6.09. The Labute approximate surface area is 98.0 Å². The number of hydrogen-bond acceptors (Lipinski definition) is 3. The van der Waals surface area contributed by atoms with Gasteiger partial charge in [0.05, 0.1) is 0 Å². The average Bonchev–Trinajstić information content (AvgIpc) is 2.12. The molecule has 0 aromatic rings. The minimum Gasteiger partial charge on any atom is -0.481 e. The second-order valence-corrected chi connectivity index (χ2v) is 5.19. The first kappa shape index (κ1) is 13.5. The van der Waals surface area contributed by atoms with Crippen LogP contribution in [0, 0.1) is 0 Å². The molecule has 2 N–H and O–H groups in total. The molecule has 1 aliphatic carbocycles. The van der Waals surface area contributed by atoms with Crippen LogP contribution in [0.2, 0.25) is 0 Å². The lowest BCUT2D eigenvalue weighted by Gasteiger charge is -2.48. The van der Waals surface area contributed by atoms with Crippen molar-refractivity contribution >= 4 is 5.97 Å². The van der Waals surface area contributed by atoms with Gasteiger partial charge in [0, 0.05) is 24.5 Å². The summed E-state index contributed by atoms with van der Waals surface area (Å²) in [6.07, 6.45) is 4.77. The van der Waals surface area contributed by atoms with E-state index in [0.29, 0.717) is 12.0 Å². The van der Waals surface area contributed by atoms with E-state index in [1.54, 1.807) is 0 Å². The number of carboxylic acid groups (broad SMARTS) is 1. The van der Waals surface area contributed by atoms with Gasteiger partial charge < -0.3 is 15.3 Å². The van der Waals surface area contributed by atoms with Crippen molar-refractivity contribution in [2.75, 3.05) is 20.6 Å². The molecule has 1 fully saturated rings. The van der Waals surface area contributed by atoms with Crippen LogP contribution in [0.25, 0.3) is 0 Å². The summed E-state index contributed by atoms with van der Waals surface area (Å²) >= 11 is 0. The molecule has 1 saturated carbocycles. The Morgan fingerprint density at radius 2 is 2.12 bits per heavy atom. The summed E-state index contributed by atoms with van der Waals surface area (Å²) in [5.74, 6) is -0.709. The first-order valence-electron chi connectivity index (χ1n) is 6.09. The average molecular weight is 228 g/mol. The van der Waals surface area contributed by atoms with Crippen molar-refractivity contribution in [3.8, 4) is 0 Å². The van der Waals surface area contributed by atoms with Crippen LogP contribution in [0.1, 0.15) is 39.0 Å². The van der Waals surface area contributed by atoms with Crippen LogP contribution < -0.4 is 5.32 Å². The molecule has 16 heavy (non-hydrogen) atoms. The molecular weight excluding hydrogens is 204 g/mol. The molecule has 4 heteroatoms. The SMILES string of the molecule is CC(CCC(=O)O)NCC1(N(C)C)CCC1. The molecule has 0 spiro atoms. The van der Waals surface area contributed by atoms with Gasteiger partial charge in [-0.1, -0.05) is 0 Å². The lowest BCUT2D eigenvalue weighted by atomic mass is 9.75. The Kier molecular flexibility index (Phi) is 4.74. The molecule has 0 bridgehead atoms.